The van der Waals surface area contributed by atoms with Crippen LogP contribution in [-0.4, -0.2) is 6.61 Å². The van der Waals surface area contributed by atoms with Gasteiger partial charge in [0.1, 0.15) is 11.9 Å². The number of hydrogen-bond donors (Lipinski definition) is 0. The summed E-state index contributed by atoms with van der Waals surface area (Å²) in [6.07, 6.45) is 3.04. The molecule has 0 unspecified atom stereocenters. The van der Waals surface area contributed by atoms with Crippen molar-refractivity contribution in [1.82, 2.24) is 0 Å². The van der Waals surface area contributed by atoms with Crippen molar-refractivity contribution in [3.63, 3.8) is 0 Å². The van der Waals surface area contributed by atoms with Crippen molar-refractivity contribution in [3.05, 3.63) is 24.2 Å². The van der Waals surface area contributed by atoms with Crippen molar-refractivity contribution in [2.75, 3.05) is 6.61 Å². The Morgan fingerprint density at radius 2 is 2.45 bits per heavy atom. The molecule has 2 rings (SSSR count). The van der Waals surface area contributed by atoms with E-state index >= 15 is 0 Å². The van der Waals surface area contributed by atoms with E-state index in [9.17, 15) is 0 Å². The first kappa shape index (κ1) is 6.92. The minimum atomic E-state index is 0.199. The summed E-state index contributed by atoms with van der Waals surface area (Å²) < 4.78 is 10.8. The van der Waals surface area contributed by atoms with Gasteiger partial charge in [-0.1, -0.05) is 6.92 Å². The molecule has 0 aliphatic carbocycles. The van der Waals surface area contributed by atoms with Crippen LogP contribution in [0.1, 0.15) is 25.2 Å². The quantitative estimate of drug-likeness (QED) is 0.616. The van der Waals surface area contributed by atoms with Gasteiger partial charge in [0, 0.05) is 6.61 Å². The molecule has 2 heteroatoms. The van der Waals surface area contributed by atoms with E-state index < -0.39 is 0 Å². The van der Waals surface area contributed by atoms with E-state index in [0.717, 1.165) is 18.8 Å². The average Bonchev–Trinajstić information content (AvgIpc) is 2.55. The molecule has 0 spiro atoms. The summed E-state index contributed by atoms with van der Waals surface area (Å²) in [6.45, 7) is 3.06. The van der Waals surface area contributed by atoms with Crippen LogP contribution in [0.4, 0.5) is 0 Å². The van der Waals surface area contributed by atoms with Crippen LogP contribution in [0.15, 0.2) is 22.8 Å². The molecule has 1 aromatic heterocycles. The molecule has 1 saturated heterocycles. The summed E-state index contributed by atoms with van der Waals surface area (Å²) in [6, 6.07) is 3.89. The van der Waals surface area contributed by atoms with Gasteiger partial charge < -0.3 is 9.15 Å². The van der Waals surface area contributed by atoms with E-state index in [2.05, 4.69) is 6.92 Å². The lowest BCUT2D eigenvalue weighted by atomic mass is 10.0. The maximum Gasteiger partial charge on any atom is 0.132 e. The minimum Gasteiger partial charge on any atom is -0.467 e. The van der Waals surface area contributed by atoms with Gasteiger partial charge in [-0.05, 0) is 24.5 Å². The number of ether oxygens (including phenoxy) is 1. The lowest BCUT2D eigenvalue weighted by Crippen LogP contribution is -2.01. The lowest BCUT2D eigenvalue weighted by Gasteiger charge is -2.10. The van der Waals surface area contributed by atoms with Gasteiger partial charge in [-0.3, -0.25) is 0 Å². The maximum atomic E-state index is 5.52. The number of rotatable bonds is 1. The Bertz CT molecular complexity index is 215. The van der Waals surface area contributed by atoms with Crippen molar-refractivity contribution in [1.29, 1.82) is 0 Å². The average molecular weight is 152 g/mol. The van der Waals surface area contributed by atoms with Crippen LogP contribution in [0.5, 0.6) is 0 Å². The number of furan rings is 1. The van der Waals surface area contributed by atoms with E-state index in [1.807, 2.05) is 12.1 Å². The van der Waals surface area contributed by atoms with Crippen molar-refractivity contribution in [2.45, 2.75) is 19.4 Å². The predicted molar refractivity (Wildman–Crippen MR) is 41.2 cm³/mol. The van der Waals surface area contributed by atoms with Crippen LogP contribution in [0, 0.1) is 5.92 Å². The summed E-state index contributed by atoms with van der Waals surface area (Å²) in [7, 11) is 0. The topological polar surface area (TPSA) is 22.4 Å². The third-order valence-electron chi connectivity index (χ3n) is 2.21. The fraction of sp³-hybridized carbons (Fsp3) is 0.556. The molecule has 1 aliphatic rings. The highest BCUT2D eigenvalue weighted by molar-refractivity contribution is 5.04. The highest BCUT2D eigenvalue weighted by atomic mass is 16.5. The monoisotopic (exact) mass is 152 g/mol. The van der Waals surface area contributed by atoms with Gasteiger partial charge in [0.2, 0.25) is 0 Å². The zero-order chi connectivity index (χ0) is 7.68. The van der Waals surface area contributed by atoms with Gasteiger partial charge in [0.25, 0.3) is 0 Å². The Hall–Kier alpha value is -0.760. The first-order chi connectivity index (χ1) is 5.38. The zero-order valence-corrected chi connectivity index (χ0v) is 6.62. The van der Waals surface area contributed by atoms with Crippen molar-refractivity contribution in [3.8, 4) is 0 Å². The van der Waals surface area contributed by atoms with Crippen LogP contribution < -0.4 is 0 Å². The SMILES string of the molecule is C[C@H]1CCO[C@H]1c1ccco1. The maximum absolute atomic E-state index is 5.52. The van der Waals surface area contributed by atoms with Crippen molar-refractivity contribution >= 4 is 0 Å². The predicted octanol–water partition coefficient (Wildman–Crippen LogP) is 2.38. The smallest absolute Gasteiger partial charge is 0.132 e. The molecule has 0 radical (unpaired) electrons. The minimum absolute atomic E-state index is 0.199. The van der Waals surface area contributed by atoms with E-state index in [1.54, 1.807) is 6.26 Å². The van der Waals surface area contributed by atoms with Gasteiger partial charge in [-0.15, -0.1) is 0 Å². The number of hydrogen-bond acceptors (Lipinski definition) is 2. The summed E-state index contributed by atoms with van der Waals surface area (Å²) in [5, 5.41) is 0. The molecule has 60 valence electrons. The first-order valence-electron chi connectivity index (χ1n) is 4.03. The molecule has 11 heavy (non-hydrogen) atoms. The molecule has 1 aromatic rings. The Labute approximate surface area is 66.2 Å². The highest BCUT2D eigenvalue weighted by Crippen LogP contribution is 2.33. The second-order valence-corrected chi connectivity index (χ2v) is 3.07. The molecule has 0 bridgehead atoms. The first-order valence-corrected chi connectivity index (χ1v) is 4.03. The Balaban J connectivity index is 2.16. The fourth-order valence-corrected chi connectivity index (χ4v) is 1.51. The molecule has 0 N–H and O–H groups in total. The van der Waals surface area contributed by atoms with Gasteiger partial charge in [-0.2, -0.15) is 0 Å². The van der Waals surface area contributed by atoms with Crippen LogP contribution >= 0.6 is 0 Å². The van der Waals surface area contributed by atoms with Gasteiger partial charge in [0.05, 0.1) is 6.26 Å². The van der Waals surface area contributed by atoms with Gasteiger partial charge in [-0.25, -0.2) is 0 Å². The van der Waals surface area contributed by atoms with Crippen molar-refractivity contribution < 1.29 is 9.15 Å². The summed E-state index contributed by atoms with van der Waals surface area (Å²) in [5.41, 5.74) is 0. The molecule has 0 amide bonds. The third-order valence-corrected chi connectivity index (χ3v) is 2.21. The van der Waals surface area contributed by atoms with E-state index in [-0.39, 0.29) is 6.10 Å². The standard InChI is InChI=1S/C9H12O2/c1-7-4-6-11-9(7)8-3-2-5-10-8/h2-3,5,7,9H,4,6H2,1H3/t7-,9+/m0/s1. The lowest BCUT2D eigenvalue weighted by molar-refractivity contribution is 0.0760. The molecule has 0 saturated carbocycles. The van der Waals surface area contributed by atoms with Gasteiger partial charge >= 0.3 is 0 Å². The zero-order valence-electron chi connectivity index (χ0n) is 6.62. The van der Waals surface area contributed by atoms with Crippen LogP contribution in [-0.2, 0) is 4.74 Å². The second-order valence-electron chi connectivity index (χ2n) is 3.07. The molecule has 2 nitrogen and oxygen atoms in total. The second kappa shape index (κ2) is 2.70. The molecular formula is C9H12O2. The van der Waals surface area contributed by atoms with Crippen LogP contribution in [0.25, 0.3) is 0 Å². The summed E-state index contributed by atoms with van der Waals surface area (Å²) in [4.78, 5) is 0. The largest absolute Gasteiger partial charge is 0.467 e. The highest BCUT2D eigenvalue weighted by Gasteiger charge is 2.27. The Morgan fingerprint density at radius 3 is 3.00 bits per heavy atom. The van der Waals surface area contributed by atoms with E-state index in [1.165, 1.54) is 0 Å². The van der Waals surface area contributed by atoms with Crippen molar-refractivity contribution in [2.24, 2.45) is 5.92 Å². The Kier molecular flexibility index (Phi) is 1.70. The van der Waals surface area contributed by atoms with E-state index in [0.29, 0.717) is 5.92 Å². The molecule has 2 atom stereocenters. The molecule has 1 fully saturated rings. The van der Waals surface area contributed by atoms with Gasteiger partial charge in [0.15, 0.2) is 0 Å². The molecular weight excluding hydrogens is 140 g/mol. The summed E-state index contributed by atoms with van der Waals surface area (Å²) in [5.74, 6) is 1.57. The van der Waals surface area contributed by atoms with Crippen LogP contribution in [0.3, 0.4) is 0 Å². The normalized spacial score (nSPS) is 31.0. The third kappa shape index (κ3) is 1.18. The van der Waals surface area contributed by atoms with E-state index in [4.69, 9.17) is 9.15 Å². The fourth-order valence-electron chi connectivity index (χ4n) is 1.51. The Morgan fingerprint density at radius 1 is 1.55 bits per heavy atom. The summed E-state index contributed by atoms with van der Waals surface area (Å²) >= 11 is 0. The molecule has 0 aromatic carbocycles. The molecule has 1 aliphatic heterocycles. The van der Waals surface area contributed by atoms with Crippen LogP contribution in [0.2, 0.25) is 0 Å². The molecule has 2 heterocycles.